The lowest BCUT2D eigenvalue weighted by Gasteiger charge is -2.34. The summed E-state index contributed by atoms with van der Waals surface area (Å²) in [6, 6.07) is 16.6. The Morgan fingerprint density at radius 3 is 2.11 bits per heavy atom. The van der Waals surface area contributed by atoms with Gasteiger partial charge in [-0.1, -0.05) is 36.4 Å². The van der Waals surface area contributed by atoms with E-state index in [9.17, 15) is 14.4 Å². The number of carbonyl (C=O) groups excluding carboxylic acids is 3. The number of aryl methyl sites for hydroxylation is 1. The zero-order chi connectivity index (χ0) is 19.7. The molecule has 0 aliphatic carbocycles. The molecule has 28 heavy (non-hydrogen) atoms. The molecule has 2 amide bonds. The van der Waals surface area contributed by atoms with Gasteiger partial charge < -0.3 is 14.4 Å². The molecule has 142 valence electrons. The first-order valence-corrected chi connectivity index (χ1v) is 9.28. The predicted molar refractivity (Wildman–Crippen MR) is 106 cm³/mol. The Kier molecular flexibility index (Phi) is 4.69. The fourth-order valence-electron chi connectivity index (χ4n) is 3.66. The minimum Gasteiger partial charge on any atom is -0.350 e. The maximum Gasteiger partial charge on any atom is 0.295 e. The minimum absolute atomic E-state index is 0.0481. The predicted octanol–water partition coefficient (Wildman–Crippen LogP) is 2.35. The Morgan fingerprint density at radius 2 is 1.39 bits per heavy atom. The number of carbonyl (C=O) groups is 3. The summed E-state index contributed by atoms with van der Waals surface area (Å²) in [5, 5.41) is 0.779. The number of ketones is 1. The smallest absolute Gasteiger partial charge is 0.295 e. The van der Waals surface area contributed by atoms with Crippen LogP contribution in [0.5, 0.6) is 0 Å². The van der Waals surface area contributed by atoms with Crippen molar-refractivity contribution < 1.29 is 14.4 Å². The molecule has 0 bridgehead atoms. The van der Waals surface area contributed by atoms with Gasteiger partial charge in [-0.15, -0.1) is 0 Å². The number of para-hydroxylation sites is 1. The van der Waals surface area contributed by atoms with Gasteiger partial charge in [0.05, 0.1) is 5.56 Å². The Morgan fingerprint density at radius 1 is 0.786 bits per heavy atom. The van der Waals surface area contributed by atoms with Crippen molar-refractivity contribution in [2.75, 3.05) is 26.2 Å². The second kappa shape index (κ2) is 7.31. The highest BCUT2D eigenvalue weighted by Gasteiger charge is 2.30. The Bertz CT molecular complexity index is 1050. The Hall–Kier alpha value is -3.41. The zero-order valence-corrected chi connectivity index (χ0v) is 15.7. The molecule has 6 heteroatoms. The molecule has 0 spiro atoms. The van der Waals surface area contributed by atoms with Gasteiger partial charge in [-0.2, -0.15) is 0 Å². The summed E-state index contributed by atoms with van der Waals surface area (Å²) in [6.45, 7) is 1.55. The molecule has 4 rings (SSSR count). The van der Waals surface area contributed by atoms with Crippen LogP contribution in [0.25, 0.3) is 10.9 Å². The highest BCUT2D eigenvalue weighted by Crippen LogP contribution is 2.21. The second-order valence-corrected chi connectivity index (χ2v) is 6.95. The molecule has 0 atom stereocenters. The number of hydrogen-bond acceptors (Lipinski definition) is 3. The third kappa shape index (κ3) is 3.17. The van der Waals surface area contributed by atoms with E-state index in [0.29, 0.717) is 37.3 Å². The van der Waals surface area contributed by atoms with E-state index >= 15 is 0 Å². The number of benzene rings is 2. The molecule has 0 N–H and O–H groups in total. The van der Waals surface area contributed by atoms with Crippen LogP contribution in [0, 0.1) is 0 Å². The van der Waals surface area contributed by atoms with E-state index in [0.717, 1.165) is 10.9 Å². The van der Waals surface area contributed by atoms with Crippen LogP contribution >= 0.6 is 0 Å². The van der Waals surface area contributed by atoms with Gasteiger partial charge >= 0.3 is 0 Å². The topological polar surface area (TPSA) is 62.6 Å². The number of fused-ring (bicyclic) bond motifs is 1. The summed E-state index contributed by atoms with van der Waals surface area (Å²) < 4.78 is 1.85. The van der Waals surface area contributed by atoms with E-state index in [1.54, 1.807) is 28.1 Å². The third-order valence-electron chi connectivity index (χ3n) is 5.21. The molecule has 0 radical (unpaired) electrons. The van der Waals surface area contributed by atoms with Crippen molar-refractivity contribution in [2.24, 2.45) is 7.05 Å². The van der Waals surface area contributed by atoms with Crippen LogP contribution in [-0.2, 0) is 11.8 Å². The molecule has 2 heterocycles. The quantitative estimate of drug-likeness (QED) is 0.521. The van der Waals surface area contributed by atoms with E-state index in [1.165, 1.54) is 0 Å². The largest absolute Gasteiger partial charge is 0.350 e. The molecule has 1 aliphatic rings. The summed E-state index contributed by atoms with van der Waals surface area (Å²) in [6.07, 6.45) is 1.71. The van der Waals surface area contributed by atoms with E-state index in [2.05, 4.69) is 0 Å². The number of piperazine rings is 1. The van der Waals surface area contributed by atoms with Crippen molar-refractivity contribution in [2.45, 2.75) is 0 Å². The van der Waals surface area contributed by atoms with Gasteiger partial charge in [0.15, 0.2) is 0 Å². The van der Waals surface area contributed by atoms with E-state index in [1.807, 2.05) is 54.1 Å². The molecule has 6 nitrogen and oxygen atoms in total. The van der Waals surface area contributed by atoms with Gasteiger partial charge in [-0.3, -0.25) is 14.4 Å². The van der Waals surface area contributed by atoms with Gasteiger partial charge in [0, 0.05) is 55.9 Å². The van der Waals surface area contributed by atoms with Crippen LogP contribution in [0.15, 0.2) is 60.8 Å². The van der Waals surface area contributed by atoms with Crippen LogP contribution < -0.4 is 0 Å². The number of rotatable bonds is 3. The molecule has 1 aromatic heterocycles. The van der Waals surface area contributed by atoms with Gasteiger partial charge in [0.25, 0.3) is 17.6 Å². The number of amides is 2. The fourth-order valence-corrected chi connectivity index (χ4v) is 3.66. The molecule has 3 aromatic rings. The van der Waals surface area contributed by atoms with Crippen molar-refractivity contribution >= 4 is 28.5 Å². The summed E-state index contributed by atoms with van der Waals surface area (Å²) >= 11 is 0. The summed E-state index contributed by atoms with van der Waals surface area (Å²) in [4.78, 5) is 41.4. The van der Waals surface area contributed by atoms with Crippen molar-refractivity contribution in [3.63, 3.8) is 0 Å². The molecular formula is C22H21N3O3. The normalized spacial score (nSPS) is 14.3. The molecule has 1 saturated heterocycles. The second-order valence-electron chi connectivity index (χ2n) is 6.95. The Balaban J connectivity index is 1.45. The molecule has 2 aromatic carbocycles. The van der Waals surface area contributed by atoms with Crippen molar-refractivity contribution in [3.8, 4) is 0 Å². The molecule has 0 saturated carbocycles. The number of aromatic nitrogens is 1. The van der Waals surface area contributed by atoms with E-state index < -0.39 is 11.7 Å². The highest BCUT2D eigenvalue weighted by atomic mass is 16.2. The minimum atomic E-state index is -0.511. The molecule has 1 fully saturated rings. The van der Waals surface area contributed by atoms with Gasteiger partial charge in [-0.05, 0) is 18.2 Å². The first-order valence-electron chi connectivity index (χ1n) is 9.28. The standard InChI is InChI=1S/C22H21N3O3/c1-23-15-18(17-9-5-6-10-19(17)23)20(26)22(28)25-13-11-24(12-14-25)21(27)16-7-3-2-4-8-16/h2-10,15H,11-14H2,1H3. The molecule has 0 unspecified atom stereocenters. The van der Waals surface area contributed by atoms with Crippen molar-refractivity contribution in [1.29, 1.82) is 0 Å². The van der Waals surface area contributed by atoms with Gasteiger partial charge in [0.2, 0.25) is 0 Å². The number of hydrogen-bond donors (Lipinski definition) is 0. The lowest BCUT2D eigenvalue weighted by molar-refractivity contribution is -0.127. The van der Waals surface area contributed by atoms with Crippen LogP contribution in [0.2, 0.25) is 0 Å². The molecule has 1 aliphatic heterocycles. The lowest BCUT2D eigenvalue weighted by atomic mass is 10.1. The summed E-state index contributed by atoms with van der Waals surface area (Å²) in [7, 11) is 1.86. The average Bonchev–Trinajstić information content (AvgIpc) is 3.10. The van der Waals surface area contributed by atoms with Crippen LogP contribution in [0.1, 0.15) is 20.7 Å². The fraction of sp³-hybridized carbons (Fsp3) is 0.227. The third-order valence-corrected chi connectivity index (χ3v) is 5.21. The lowest BCUT2D eigenvalue weighted by Crippen LogP contribution is -2.52. The maximum absolute atomic E-state index is 12.8. The summed E-state index contributed by atoms with van der Waals surface area (Å²) in [5.74, 6) is -1.06. The van der Waals surface area contributed by atoms with Crippen LogP contribution in [0.4, 0.5) is 0 Å². The maximum atomic E-state index is 12.8. The zero-order valence-electron chi connectivity index (χ0n) is 15.7. The SMILES string of the molecule is Cn1cc(C(=O)C(=O)N2CCN(C(=O)c3ccccc3)CC2)c2ccccc21. The van der Waals surface area contributed by atoms with E-state index in [-0.39, 0.29) is 5.91 Å². The molecular weight excluding hydrogens is 354 g/mol. The first kappa shape index (κ1) is 18.0. The van der Waals surface area contributed by atoms with Crippen LogP contribution in [-0.4, -0.2) is 58.1 Å². The monoisotopic (exact) mass is 375 g/mol. The number of nitrogens with zero attached hydrogens (tertiary/aromatic N) is 3. The highest BCUT2D eigenvalue weighted by molar-refractivity contribution is 6.44. The summed E-state index contributed by atoms with van der Waals surface area (Å²) in [5.41, 5.74) is 1.97. The van der Waals surface area contributed by atoms with Gasteiger partial charge in [-0.25, -0.2) is 0 Å². The average molecular weight is 375 g/mol. The van der Waals surface area contributed by atoms with Crippen molar-refractivity contribution in [1.82, 2.24) is 14.4 Å². The van der Waals surface area contributed by atoms with Crippen molar-refractivity contribution in [3.05, 3.63) is 71.9 Å². The Labute approximate surface area is 163 Å². The van der Waals surface area contributed by atoms with Crippen LogP contribution in [0.3, 0.4) is 0 Å². The first-order chi connectivity index (χ1) is 13.6. The van der Waals surface area contributed by atoms with E-state index in [4.69, 9.17) is 0 Å². The number of Topliss-reactive ketones (excluding diaryl/α,β-unsaturated/α-hetero) is 1. The van der Waals surface area contributed by atoms with Gasteiger partial charge in [0.1, 0.15) is 0 Å².